The average Bonchev–Trinajstić information content (AvgIpc) is 3.15. The van der Waals surface area contributed by atoms with Gasteiger partial charge in [-0.15, -0.1) is 0 Å². The van der Waals surface area contributed by atoms with E-state index in [0.29, 0.717) is 11.7 Å². The molecule has 0 bridgehead atoms. The van der Waals surface area contributed by atoms with Crippen LogP contribution >= 0.6 is 0 Å². The summed E-state index contributed by atoms with van der Waals surface area (Å²) in [6.45, 7) is 7.07. The van der Waals surface area contributed by atoms with Crippen molar-refractivity contribution in [3.05, 3.63) is 53.6 Å². The highest BCUT2D eigenvalue weighted by atomic mass is 19.1. The summed E-state index contributed by atoms with van der Waals surface area (Å²) in [5.74, 6) is 1.61. The number of aromatic nitrogens is 3. The molecule has 2 heterocycles. The van der Waals surface area contributed by atoms with Crippen molar-refractivity contribution in [2.24, 2.45) is 0 Å². The van der Waals surface area contributed by atoms with Gasteiger partial charge in [-0.2, -0.15) is 4.98 Å². The van der Waals surface area contributed by atoms with Gasteiger partial charge in [0.05, 0.1) is 5.69 Å². The fourth-order valence-corrected chi connectivity index (χ4v) is 2.25. The molecule has 0 aliphatic heterocycles. The second kappa shape index (κ2) is 10.3. The van der Waals surface area contributed by atoms with Crippen LogP contribution in [0, 0.1) is 12.7 Å². The van der Waals surface area contributed by atoms with Gasteiger partial charge in [0.1, 0.15) is 11.6 Å². The van der Waals surface area contributed by atoms with Crippen LogP contribution in [0.1, 0.15) is 37.9 Å². The maximum atomic E-state index is 12.6. The summed E-state index contributed by atoms with van der Waals surface area (Å²) in [6, 6.07) is 8.03. The van der Waals surface area contributed by atoms with E-state index in [9.17, 15) is 4.39 Å². The molecule has 27 heavy (non-hydrogen) atoms. The van der Waals surface area contributed by atoms with Crippen LogP contribution in [0.4, 0.5) is 16.2 Å². The molecule has 0 amide bonds. The Balaban J connectivity index is 0.000000194. The lowest BCUT2D eigenvalue weighted by Crippen LogP contribution is -2.07. The fraction of sp³-hybridized carbons (Fsp3) is 0.350. The molecular formula is C20H26FN5O. The van der Waals surface area contributed by atoms with Crippen molar-refractivity contribution in [1.82, 2.24) is 15.1 Å². The topological polar surface area (TPSA) is 89.9 Å². The lowest BCUT2D eigenvalue weighted by atomic mass is 10.1. The van der Waals surface area contributed by atoms with Crippen molar-refractivity contribution in [3.63, 3.8) is 0 Å². The average molecular weight is 371 g/mol. The molecule has 1 aromatic carbocycles. The number of nitrogens with two attached hydrogens (primary N) is 1. The van der Waals surface area contributed by atoms with Crippen LogP contribution in [0.15, 0.2) is 41.1 Å². The van der Waals surface area contributed by atoms with Gasteiger partial charge in [0.2, 0.25) is 5.95 Å². The zero-order valence-corrected chi connectivity index (χ0v) is 16.0. The van der Waals surface area contributed by atoms with Crippen molar-refractivity contribution in [2.75, 3.05) is 17.6 Å². The molecule has 0 fully saturated rings. The Morgan fingerprint density at radius 1 is 1.19 bits per heavy atom. The van der Waals surface area contributed by atoms with Gasteiger partial charge < -0.3 is 15.6 Å². The summed E-state index contributed by atoms with van der Waals surface area (Å²) in [5, 5.41) is 7.09. The van der Waals surface area contributed by atoms with Gasteiger partial charge in [-0.05, 0) is 44.0 Å². The van der Waals surface area contributed by atoms with Crippen LogP contribution in [0.25, 0.3) is 11.3 Å². The highest BCUT2D eigenvalue weighted by Crippen LogP contribution is 2.20. The van der Waals surface area contributed by atoms with Crippen LogP contribution < -0.4 is 11.1 Å². The first-order valence-electron chi connectivity index (χ1n) is 9.08. The first-order valence-corrected chi connectivity index (χ1v) is 9.08. The van der Waals surface area contributed by atoms with E-state index in [-0.39, 0.29) is 5.82 Å². The lowest BCUT2D eigenvalue weighted by molar-refractivity contribution is 0.424. The number of hydrogen-bond donors (Lipinski definition) is 2. The van der Waals surface area contributed by atoms with E-state index in [1.165, 1.54) is 18.6 Å². The van der Waals surface area contributed by atoms with E-state index < -0.39 is 0 Å². The zero-order chi connectivity index (χ0) is 19.6. The van der Waals surface area contributed by atoms with Gasteiger partial charge in [0, 0.05) is 29.9 Å². The number of unbranched alkanes of at least 4 members (excludes halogenated alkanes) is 1. The van der Waals surface area contributed by atoms with E-state index in [0.717, 1.165) is 42.0 Å². The number of aryl methyl sites for hydroxylation is 2. The van der Waals surface area contributed by atoms with Crippen molar-refractivity contribution in [2.45, 2.75) is 40.0 Å². The van der Waals surface area contributed by atoms with Crippen LogP contribution in [0.3, 0.4) is 0 Å². The van der Waals surface area contributed by atoms with E-state index in [4.69, 9.17) is 10.3 Å². The molecule has 0 saturated heterocycles. The summed E-state index contributed by atoms with van der Waals surface area (Å²) in [7, 11) is 0. The van der Waals surface area contributed by atoms with E-state index >= 15 is 0 Å². The van der Waals surface area contributed by atoms with Gasteiger partial charge in [0.15, 0.2) is 5.76 Å². The summed E-state index contributed by atoms with van der Waals surface area (Å²) < 4.78 is 17.7. The molecule has 3 N–H and O–H groups in total. The normalized spacial score (nSPS) is 10.2. The van der Waals surface area contributed by atoms with Crippen LogP contribution in [0.2, 0.25) is 0 Å². The molecular weight excluding hydrogens is 345 g/mol. The lowest BCUT2D eigenvalue weighted by Gasteiger charge is -2.07. The minimum absolute atomic E-state index is 0.246. The van der Waals surface area contributed by atoms with Crippen molar-refractivity contribution in [3.8, 4) is 11.3 Å². The number of rotatable bonds is 6. The molecule has 0 spiro atoms. The maximum Gasteiger partial charge on any atom is 0.221 e. The van der Waals surface area contributed by atoms with Gasteiger partial charge in [0.25, 0.3) is 0 Å². The standard InChI is InChI=1S/C11H10FNO.C9H16N4/c1-2-10-7-11(14-13-10)8-3-5-9(12)6-4-8;1-3-4-5-11-8-7(2)6-12-9(10)13-8/h3-7H,2H2,1H3;6H,3-5H2,1-2H3,(H3,10,11,12,13). The molecule has 0 atom stereocenters. The van der Waals surface area contributed by atoms with E-state index in [1.807, 2.05) is 19.9 Å². The van der Waals surface area contributed by atoms with Crippen molar-refractivity contribution in [1.29, 1.82) is 0 Å². The van der Waals surface area contributed by atoms with Crippen LogP contribution in [0.5, 0.6) is 0 Å². The molecule has 6 nitrogen and oxygen atoms in total. The number of nitrogens with one attached hydrogen (secondary N) is 1. The van der Waals surface area contributed by atoms with Crippen molar-refractivity contribution >= 4 is 11.8 Å². The van der Waals surface area contributed by atoms with E-state index in [2.05, 4.69) is 27.4 Å². The Labute approximate surface area is 159 Å². The number of nitrogen functional groups attached to an aromatic ring is 1. The van der Waals surface area contributed by atoms with Gasteiger partial charge >= 0.3 is 0 Å². The number of halogens is 1. The third kappa shape index (κ3) is 6.36. The summed E-state index contributed by atoms with van der Waals surface area (Å²) in [5.41, 5.74) is 8.25. The Morgan fingerprint density at radius 3 is 2.56 bits per heavy atom. The molecule has 0 saturated carbocycles. The number of benzene rings is 1. The summed E-state index contributed by atoms with van der Waals surface area (Å²) in [4.78, 5) is 7.99. The molecule has 0 aliphatic rings. The molecule has 3 aromatic rings. The monoisotopic (exact) mass is 371 g/mol. The second-order valence-electron chi connectivity index (χ2n) is 6.08. The number of hydrogen-bond acceptors (Lipinski definition) is 6. The molecule has 144 valence electrons. The second-order valence-corrected chi connectivity index (χ2v) is 6.08. The van der Waals surface area contributed by atoms with Crippen LogP contribution in [-0.4, -0.2) is 21.7 Å². The number of anilines is 2. The highest BCUT2D eigenvalue weighted by Gasteiger charge is 2.05. The van der Waals surface area contributed by atoms with Gasteiger partial charge in [-0.1, -0.05) is 25.4 Å². The minimum Gasteiger partial charge on any atom is -0.370 e. The molecule has 0 radical (unpaired) electrons. The van der Waals surface area contributed by atoms with Crippen molar-refractivity contribution < 1.29 is 8.91 Å². The third-order valence-electron chi connectivity index (χ3n) is 3.86. The first kappa shape index (κ1) is 20.4. The van der Waals surface area contributed by atoms with Gasteiger partial charge in [-0.25, -0.2) is 9.37 Å². The first-order chi connectivity index (χ1) is 13.0. The predicted molar refractivity (Wildman–Crippen MR) is 106 cm³/mol. The quantitative estimate of drug-likeness (QED) is 0.614. The predicted octanol–water partition coefficient (Wildman–Crippen LogP) is 4.62. The number of nitrogens with zero attached hydrogens (tertiary/aromatic N) is 3. The molecule has 0 unspecified atom stereocenters. The summed E-state index contributed by atoms with van der Waals surface area (Å²) in [6.07, 6.45) is 4.89. The maximum absolute atomic E-state index is 12.6. The molecule has 3 rings (SSSR count). The highest BCUT2D eigenvalue weighted by molar-refractivity contribution is 5.57. The van der Waals surface area contributed by atoms with Crippen LogP contribution in [-0.2, 0) is 6.42 Å². The fourth-order valence-electron chi connectivity index (χ4n) is 2.25. The smallest absolute Gasteiger partial charge is 0.221 e. The zero-order valence-electron chi connectivity index (χ0n) is 16.0. The van der Waals surface area contributed by atoms with Gasteiger partial charge in [-0.3, -0.25) is 0 Å². The molecule has 2 aromatic heterocycles. The Bertz CT molecular complexity index is 833. The minimum atomic E-state index is -0.246. The molecule has 0 aliphatic carbocycles. The molecule has 7 heteroatoms. The summed E-state index contributed by atoms with van der Waals surface area (Å²) >= 11 is 0. The third-order valence-corrected chi connectivity index (χ3v) is 3.86. The Kier molecular flexibility index (Phi) is 7.73. The van der Waals surface area contributed by atoms with E-state index in [1.54, 1.807) is 18.3 Å². The Hall–Kier alpha value is -2.96. The largest absolute Gasteiger partial charge is 0.370 e. The Morgan fingerprint density at radius 2 is 1.93 bits per heavy atom. The SMILES string of the molecule is CCCCNc1nc(N)ncc1C.CCc1cc(-c2ccc(F)cc2)on1.